The van der Waals surface area contributed by atoms with E-state index >= 15 is 0 Å². The zero-order chi connectivity index (χ0) is 13.7. The third-order valence-corrected chi connectivity index (χ3v) is 3.38. The molecule has 0 aliphatic heterocycles. The van der Waals surface area contributed by atoms with E-state index in [1.54, 1.807) is 11.8 Å². The first kappa shape index (κ1) is 13.6. The Bertz CT molecular complexity index is 542. The van der Waals surface area contributed by atoms with Crippen molar-refractivity contribution in [1.29, 1.82) is 0 Å². The Morgan fingerprint density at radius 3 is 2.68 bits per heavy atom. The second-order valence-corrected chi connectivity index (χ2v) is 4.83. The molecule has 0 bridgehead atoms. The maximum atomic E-state index is 12.3. The van der Waals surface area contributed by atoms with Gasteiger partial charge < -0.3 is 10.0 Å². The van der Waals surface area contributed by atoms with E-state index in [9.17, 15) is 4.79 Å². The lowest BCUT2D eigenvalue weighted by molar-refractivity contribution is 0.0707. The van der Waals surface area contributed by atoms with Crippen LogP contribution in [0.5, 0.6) is 0 Å². The van der Waals surface area contributed by atoms with Crippen LogP contribution in [0.3, 0.4) is 0 Å². The third-order valence-electron chi connectivity index (χ3n) is 2.58. The fourth-order valence-corrected chi connectivity index (χ4v) is 2.34. The van der Waals surface area contributed by atoms with E-state index in [0.717, 1.165) is 17.1 Å². The summed E-state index contributed by atoms with van der Waals surface area (Å²) in [6, 6.07) is 9.67. The summed E-state index contributed by atoms with van der Waals surface area (Å²) in [4.78, 5) is 17.9. The van der Waals surface area contributed by atoms with Crippen LogP contribution in [-0.2, 0) is 6.54 Å². The predicted octanol–water partition coefficient (Wildman–Crippen LogP) is 1.48. The first-order chi connectivity index (χ1) is 9.20. The molecule has 0 unspecified atom stereocenters. The van der Waals surface area contributed by atoms with Gasteiger partial charge in [-0.05, 0) is 24.0 Å². The van der Waals surface area contributed by atoms with Crippen molar-refractivity contribution in [3.63, 3.8) is 0 Å². The van der Waals surface area contributed by atoms with Crippen LogP contribution >= 0.6 is 11.5 Å². The summed E-state index contributed by atoms with van der Waals surface area (Å²) < 4.78 is 4.01. The van der Waals surface area contributed by atoms with Crippen molar-refractivity contribution in [3.05, 3.63) is 46.7 Å². The molecule has 0 aliphatic rings. The molecule has 1 aromatic heterocycles. The molecule has 0 spiro atoms. The smallest absolute Gasteiger partial charge is 0.284 e. The van der Waals surface area contributed by atoms with Gasteiger partial charge in [-0.15, -0.1) is 0 Å². The number of carbonyl (C=O) groups is 1. The third kappa shape index (κ3) is 3.59. The monoisotopic (exact) mass is 277 g/mol. The van der Waals surface area contributed by atoms with Crippen molar-refractivity contribution in [2.45, 2.75) is 13.5 Å². The number of hydrogen-bond acceptors (Lipinski definition) is 5. The second kappa shape index (κ2) is 6.40. The van der Waals surface area contributed by atoms with Crippen LogP contribution in [0.1, 0.15) is 21.2 Å². The van der Waals surface area contributed by atoms with Crippen molar-refractivity contribution >= 4 is 17.4 Å². The molecule has 5 nitrogen and oxygen atoms in total. The standard InChI is InChI=1S/C13H15N3O2S/c1-10-14-12(19-15-10)13(18)16(7-8-17)9-11-5-3-2-4-6-11/h2-6,17H,7-9H2,1H3. The fourth-order valence-electron chi connectivity index (χ4n) is 1.70. The maximum Gasteiger partial charge on any atom is 0.284 e. The average Bonchev–Trinajstić information content (AvgIpc) is 2.85. The minimum Gasteiger partial charge on any atom is -0.395 e. The van der Waals surface area contributed by atoms with Crippen LogP contribution in [0.25, 0.3) is 0 Å². The summed E-state index contributed by atoms with van der Waals surface area (Å²) >= 11 is 1.09. The van der Waals surface area contributed by atoms with Crippen molar-refractivity contribution in [2.24, 2.45) is 0 Å². The summed E-state index contributed by atoms with van der Waals surface area (Å²) in [6.07, 6.45) is 0. The molecule has 2 rings (SSSR count). The molecule has 0 radical (unpaired) electrons. The Morgan fingerprint density at radius 1 is 1.37 bits per heavy atom. The molecule has 0 saturated carbocycles. The van der Waals surface area contributed by atoms with Crippen LogP contribution in [0.15, 0.2) is 30.3 Å². The minimum atomic E-state index is -0.191. The Labute approximate surface area is 115 Å². The number of nitrogens with zero attached hydrogens (tertiary/aromatic N) is 3. The van der Waals surface area contributed by atoms with Crippen molar-refractivity contribution in [3.8, 4) is 0 Å². The minimum absolute atomic E-state index is 0.0731. The summed E-state index contributed by atoms with van der Waals surface area (Å²) in [7, 11) is 0. The zero-order valence-corrected chi connectivity index (χ0v) is 11.4. The Hall–Kier alpha value is -1.79. The zero-order valence-electron chi connectivity index (χ0n) is 10.6. The Balaban J connectivity index is 2.13. The maximum absolute atomic E-state index is 12.3. The van der Waals surface area contributed by atoms with Gasteiger partial charge in [-0.25, -0.2) is 4.98 Å². The van der Waals surface area contributed by atoms with E-state index in [2.05, 4.69) is 9.36 Å². The number of hydrogen-bond donors (Lipinski definition) is 1. The van der Waals surface area contributed by atoms with Gasteiger partial charge in [-0.1, -0.05) is 30.3 Å². The lowest BCUT2D eigenvalue weighted by Gasteiger charge is -2.20. The number of aromatic nitrogens is 2. The molecule has 1 aromatic carbocycles. The number of carbonyl (C=O) groups excluding carboxylic acids is 1. The van der Waals surface area contributed by atoms with Crippen LogP contribution in [-0.4, -0.2) is 38.4 Å². The normalized spacial score (nSPS) is 10.4. The van der Waals surface area contributed by atoms with Crippen LogP contribution in [0.2, 0.25) is 0 Å². The molecule has 1 heterocycles. The highest BCUT2D eigenvalue weighted by molar-refractivity contribution is 7.07. The van der Waals surface area contributed by atoms with Gasteiger partial charge in [0.2, 0.25) is 5.01 Å². The van der Waals surface area contributed by atoms with Gasteiger partial charge in [-0.2, -0.15) is 4.37 Å². The lowest BCUT2D eigenvalue weighted by Crippen LogP contribution is -2.33. The van der Waals surface area contributed by atoms with Crippen LogP contribution in [0.4, 0.5) is 0 Å². The summed E-state index contributed by atoms with van der Waals surface area (Å²) in [5, 5.41) is 9.45. The summed E-state index contributed by atoms with van der Waals surface area (Å²) in [5.74, 6) is 0.403. The molecule has 6 heteroatoms. The molecular formula is C13H15N3O2S. The Kier molecular flexibility index (Phi) is 4.59. The first-order valence-corrected chi connectivity index (χ1v) is 6.72. The summed E-state index contributed by atoms with van der Waals surface area (Å²) in [5.41, 5.74) is 1.02. The average molecular weight is 277 g/mol. The number of amides is 1. The molecule has 19 heavy (non-hydrogen) atoms. The highest BCUT2D eigenvalue weighted by Gasteiger charge is 2.19. The molecule has 1 N–H and O–H groups in total. The van der Waals surface area contributed by atoms with Crippen molar-refractivity contribution in [1.82, 2.24) is 14.3 Å². The lowest BCUT2D eigenvalue weighted by atomic mass is 10.2. The van der Waals surface area contributed by atoms with Crippen LogP contribution < -0.4 is 0 Å². The highest BCUT2D eigenvalue weighted by Crippen LogP contribution is 2.11. The van der Waals surface area contributed by atoms with E-state index < -0.39 is 0 Å². The van der Waals surface area contributed by atoms with Crippen LogP contribution in [0, 0.1) is 6.92 Å². The molecule has 0 aliphatic carbocycles. The molecule has 0 atom stereocenters. The van der Waals surface area contributed by atoms with Gasteiger partial charge in [-0.3, -0.25) is 4.79 Å². The largest absolute Gasteiger partial charge is 0.395 e. The van der Waals surface area contributed by atoms with Gasteiger partial charge >= 0.3 is 0 Å². The molecule has 2 aromatic rings. The highest BCUT2D eigenvalue weighted by atomic mass is 32.1. The Morgan fingerprint density at radius 2 is 2.11 bits per heavy atom. The van der Waals surface area contributed by atoms with Gasteiger partial charge in [0.25, 0.3) is 5.91 Å². The number of aliphatic hydroxyl groups excluding tert-OH is 1. The second-order valence-electron chi connectivity index (χ2n) is 4.08. The van der Waals surface area contributed by atoms with Gasteiger partial charge in [0.05, 0.1) is 6.61 Å². The van der Waals surface area contributed by atoms with Gasteiger partial charge in [0, 0.05) is 13.1 Å². The van der Waals surface area contributed by atoms with Crippen molar-refractivity contribution < 1.29 is 9.90 Å². The molecular weight excluding hydrogens is 262 g/mol. The molecule has 1 amide bonds. The summed E-state index contributed by atoms with van der Waals surface area (Å²) in [6.45, 7) is 2.42. The van der Waals surface area contributed by atoms with E-state index in [0.29, 0.717) is 17.4 Å². The number of aryl methyl sites for hydroxylation is 1. The molecule has 0 saturated heterocycles. The molecule has 100 valence electrons. The SMILES string of the molecule is Cc1nsc(C(=O)N(CCO)Cc2ccccc2)n1. The van der Waals surface area contributed by atoms with Crippen molar-refractivity contribution in [2.75, 3.05) is 13.2 Å². The van der Waals surface area contributed by atoms with E-state index in [1.165, 1.54) is 0 Å². The van der Waals surface area contributed by atoms with E-state index in [4.69, 9.17) is 5.11 Å². The van der Waals surface area contributed by atoms with Gasteiger partial charge in [0.15, 0.2) is 0 Å². The quantitative estimate of drug-likeness (QED) is 0.899. The topological polar surface area (TPSA) is 66.3 Å². The van der Waals surface area contributed by atoms with Gasteiger partial charge in [0.1, 0.15) is 5.82 Å². The van der Waals surface area contributed by atoms with E-state index in [1.807, 2.05) is 30.3 Å². The number of benzene rings is 1. The number of rotatable bonds is 5. The fraction of sp³-hybridized carbons (Fsp3) is 0.308. The predicted molar refractivity (Wildman–Crippen MR) is 72.9 cm³/mol. The first-order valence-electron chi connectivity index (χ1n) is 5.95. The molecule has 0 fully saturated rings. The number of aliphatic hydroxyl groups is 1. The van der Waals surface area contributed by atoms with E-state index in [-0.39, 0.29) is 19.1 Å².